The van der Waals surface area contributed by atoms with Crippen molar-refractivity contribution in [2.75, 3.05) is 38.8 Å². The molecule has 0 fully saturated rings. The number of hydrogen-bond acceptors (Lipinski definition) is 9. The molecule has 0 spiro atoms. The van der Waals surface area contributed by atoms with E-state index in [1.807, 2.05) is 30.5 Å². The molecule has 0 aliphatic carbocycles. The molecular formula is C25H34N6O4. The monoisotopic (exact) mass is 482 g/mol. The fourth-order valence-electron chi connectivity index (χ4n) is 3.77. The van der Waals surface area contributed by atoms with Gasteiger partial charge in [0.15, 0.2) is 12.1 Å². The highest BCUT2D eigenvalue weighted by Gasteiger charge is 2.17. The van der Waals surface area contributed by atoms with Crippen molar-refractivity contribution in [3.63, 3.8) is 0 Å². The van der Waals surface area contributed by atoms with Gasteiger partial charge in [0.25, 0.3) is 0 Å². The summed E-state index contributed by atoms with van der Waals surface area (Å²) in [6.07, 6.45) is 4.98. The molecule has 10 nitrogen and oxygen atoms in total. The van der Waals surface area contributed by atoms with E-state index in [1.165, 1.54) is 4.90 Å². The number of esters is 1. The normalized spacial score (nSPS) is 12.0. The zero-order valence-corrected chi connectivity index (χ0v) is 20.8. The Morgan fingerprint density at radius 1 is 1.26 bits per heavy atom. The Morgan fingerprint density at radius 3 is 2.74 bits per heavy atom. The number of methoxy groups -OCH3 is 1. The van der Waals surface area contributed by atoms with Crippen LogP contribution in [-0.4, -0.2) is 65.7 Å². The molecule has 1 atom stereocenters. The molecule has 35 heavy (non-hydrogen) atoms. The van der Waals surface area contributed by atoms with Crippen LogP contribution in [-0.2, 0) is 27.3 Å². The molecule has 188 valence electrons. The summed E-state index contributed by atoms with van der Waals surface area (Å²) in [5, 5.41) is 3.40. The third-order valence-corrected chi connectivity index (χ3v) is 5.62. The Morgan fingerprint density at radius 2 is 2.06 bits per heavy atom. The van der Waals surface area contributed by atoms with Crippen molar-refractivity contribution in [3.05, 3.63) is 41.6 Å². The predicted octanol–water partition coefficient (Wildman–Crippen LogP) is 2.84. The number of ether oxygens (including phenoxy) is 2. The number of carbonyl (C=O) groups excluding carboxylic acids is 2. The summed E-state index contributed by atoms with van der Waals surface area (Å²) in [5.41, 5.74) is 9.21. The van der Waals surface area contributed by atoms with Gasteiger partial charge in [-0.3, -0.25) is 14.5 Å². The summed E-state index contributed by atoms with van der Waals surface area (Å²) >= 11 is 0. The van der Waals surface area contributed by atoms with Gasteiger partial charge in [-0.1, -0.05) is 31.9 Å². The maximum Gasteiger partial charge on any atom is 0.312 e. The van der Waals surface area contributed by atoms with Crippen LogP contribution in [0.4, 0.5) is 11.8 Å². The number of nitrogens with zero attached hydrogens (tertiary/aromatic N) is 4. The summed E-state index contributed by atoms with van der Waals surface area (Å²) in [4.78, 5) is 33.7. The Kier molecular flexibility index (Phi) is 9.02. The van der Waals surface area contributed by atoms with Crippen molar-refractivity contribution >= 4 is 35.1 Å². The fourth-order valence-corrected chi connectivity index (χ4v) is 3.77. The number of hydrogen-bond donors (Lipinski definition) is 2. The van der Waals surface area contributed by atoms with E-state index in [9.17, 15) is 9.59 Å². The van der Waals surface area contributed by atoms with Crippen LogP contribution in [0.25, 0.3) is 11.0 Å². The van der Waals surface area contributed by atoms with E-state index in [0.29, 0.717) is 24.4 Å². The lowest BCUT2D eigenvalue weighted by atomic mass is 10.1. The zero-order valence-electron chi connectivity index (χ0n) is 20.8. The first-order valence-corrected chi connectivity index (χ1v) is 11.7. The summed E-state index contributed by atoms with van der Waals surface area (Å²) < 4.78 is 12.9. The van der Waals surface area contributed by atoms with Crippen LogP contribution in [0.2, 0.25) is 0 Å². The van der Waals surface area contributed by atoms with Crippen molar-refractivity contribution in [2.24, 2.45) is 0 Å². The molecule has 0 amide bonds. The lowest BCUT2D eigenvalue weighted by Crippen LogP contribution is -2.34. The predicted molar refractivity (Wildman–Crippen MR) is 135 cm³/mol. The minimum absolute atomic E-state index is 0.0280. The first-order valence-electron chi connectivity index (χ1n) is 11.7. The largest absolute Gasteiger partial charge is 0.496 e. The van der Waals surface area contributed by atoms with Crippen LogP contribution in [0.5, 0.6) is 5.75 Å². The molecule has 0 bridgehead atoms. The SMILES string of the molecule is CCCCCNc1nc(N)nc2ccn(Cc3ccc(CC(=O)OC(C=O)N(C)C)cc3OC)c12. The van der Waals surface area contributed by atoms with Crippen LogP contribution in [0.1, 0.15) is 37.3 Å². The van der Waals surface area contributed by atoms with Crippen LogP contribution < -0.4 is 15.8 Å². The van der Waals surface area contributed by atoms with E-state index in [1.54, 1.807) is 21.2 Å². The number of fused-ring (bicyclic) bond motifs is 1. The lowest BCUT2D eigenvalue weighted by Gasteiger charge is -2.19. The summed E-state index contributed by atoms with van der Waals surface area (Å²) in [6, 6.07) is 7.50. The van der Waals surface area contributed by atoms with E-state index >= 15 is 0 Å². The average molecular weight is 483 g/mol. The number of anilines is 2. The number of unbranched alkanes of at least 4 members (excludes halogenated alkanes) is 2. The Bertz CT molecular complexity index is 1160. The number of aromatic nitrogens is 3. The summed E-state index contributed by atoms with van der Waals surface area (Å²) in [5.74, 6) is 1.09. The molecule has 2 heterocycles. The average Bonchev–Trinajstić information content (AvgIpc) is 3.23. The fraction of sp³-hybridized carbons (Fsp3) is 0.440. The van der Waals surface area contributed by atoms with Gasteiger partial charge >= 0.3 is 5.97 Å². The molecule has 1 aromatic carbocycles. The molecule has 3 aromatic rings. The molecule has 10 heteroatoms. The molecule has 0 radical (unpaired) electrons. The van der Waals surface area contributed by atoms with Gasteiger partial charge in [-0.2, -0.15) is 4.98 Å². The van der Waals surface area contributed by atoms with Crippen molar-refractivity contribution in [1.82, 2.24) is 19.4 Å². The minimum atomic E-state index is -0.910. The molecule has 0 saturated heterocycles. The molecule has 3 rings (SSSR count). The van der Waals surface area contributed by atoms with E-state index in [4.69, 9.17) is 15.2 Å². The number of carbonyl (C=O) groups is 2. The van der Waals surface area contributed by atoms with Gasteiger partial charge in [0.2, 0.25) is 12.2 Å². The molecule has 0 saturated carbocycles. The number of likely N-dealkylation sites (N-methyl/N-ethyl adjacent to an activating group) is 1. The highest BCUT2D eigenvalue weighted by Crippen LogP contribution is 2.27. The number of benzene rings is 1. The second-order valence-electron chi connectivity index (χ2n) is 8.54. The van der Waals surface area contributed by atoms with Gasteiger partial charge in [0, 0.05) is 18.3 Å². The lowest BCUT2D eigenvalue weighted by molar-refractivity contribution is -0.159. The van der Waals surface area contributed by atoms with Gasteiger partial charge in [-0.05, 0) is 38.2 Å². The van der Waals surface area contributed by atoms with Crippen molar-refractivity contribution in [2.45, 2.75) is 45.4 Å². The minimum Gasteiger partial charge on any atom is -0.496 e. The van der Waals surface area contributed by atoms with E-state index < -0.39 is 12.2 Å². The topological polar surface area (TPSA) is 125 Å². The van der Waals surface area contributed by atoms with Crippen LogP contribution in [0, 0.1) is 0 Å². The molecule has 2 aromatic heterocycles. The van der Waals surface area contributed by atoms with E-state index in [0.717, 1.165) is 48.0 Å². The maximum atomic E-state index is 12.3. The Hall–Kier alpha value is -3.66. The summed E-state index contributed by atoms with van der Waals surface area (Å²) in [7, 11) is 4.93. The number of nitrogen functional groups attached to an aromatic ring is 1. The van der Waals surface area contributed by atoms with E-state index in [2.05, 4.69) is 26.8 Å². The second-order valence-corrected chi connectivity index (χ2v) is 8.54. The first kappa shape index (κ1) is 26.0. The van der Waals surface area contributed by atoms with Crippen molar-refractivity contribution in [1.29, 1.82) is 0 Å². The number of nitrogens with one attached hydrogen (secondary N) is 1. The van der Waals surface area contributed by atoms with Crippen LogP contribution in [0.3, 0.4) is 0 Å². The first-order chi connectivity index (χ1) is 16.9. The Balaban J connectivity index is 1.80. The van der Waals surface area contributed by atoms with Crippen LogP contribution >= 0.6 is 0 Å². The highest BCUT2D eigenvalue weighted by molar-refractivity contribution is 5.87. The second kappa shape index (κ2) is 12.2. The standard InChI is InChI=1S/C25H34N6O4/c1-5-6-7-11-27-24-23-19(28-25(26)29-24)10-12-31(23)15-18-9-8-17(13-20(18)34-4)14-22(33)35-21(16-32)30(2)3/h8-10,12-13,16,21H,5-7,11,14-15H2,1-4H3,(H3,26,27,28,29). The number of rotatable bonds is 13. The Labute approximate surface area is 205 Å². The van der Waals surface area contributed by atoms with Gasteiger partial charge < -0.3 is 25.1 Å². The highest BCUT2D eigenvalue weighted by atomic mass is 16.6. The third-order valence-electron chi connectivity index (χ3n) is 5.62. The molecular weight excluding hydrogens is 448 g/mol. The van der Waals surface area contributed by atoms with Crippen molar-refractivity contribution in [3.8, 4) is 5.75 Å². The van der Waals surface area contributed by atoms with Gasteiger partial charge in [-0.25, -0.2) is 4.98 Å². The van der Waals surface area contributed by atoms with E-state index in [-0.39, 0.29) is 12.4 Å². The van der Waals surface area contributed by atoms with Gasteiger partial charge in [0.1, 0.15) is 11.3 Å². The summed E-state index contributed by atoms with van der Waals surface area (Å²) in [6.45, 7) is 3.49. The smallest absolute Gasteiger partial charge is 0.312 e. The molecule has 0 aliphatic heterocycles. The van der Waals surface area contributed by atoms with Gasteiger partial charge in [-0.15, -0.1) is 0 Å². The third kappa shape index (κ3) is 6.69. The van der Waals surface area contributed by atoms with Gasteiger partial charge in [0.05, 0.1) is 25.6 Å². The molecule has 3 N–H and O–H groups in total. The molecule has 1 unspecified atom stereocenters. The maximum absolute atomic E-state index is 12.3. The number of aldehydes is 1. The van der Waals surface area contributed by atoms with Crippen LogP contribution in [0.15, 0.2) is 30.5 Å². The number of nitrogens with two attached hydrogens (primary N) is 1. The quantitative estimate of drug-likeness (QED) is 0.164. The molecule has 0 aliphatic rings. The zero-order chi connectivity index (χ0) is 25.4. The van der Waals surface area contributed by atoms with Crippen molar-refractivity contribution < 1.29 is 19.1 Å².